The molecule has 4 heteroatoms. The van der Waals surface area contributed by atoms with E-state index >= 15 is 0 Å². The first kappa shape index (κ1) is 13.7. The number of hydrogen-bond donors (Lipinski definition) is 1. The lowest BCUT2D eigenvalue weighted by atomic mass is 10.2. The van der Waals surface area contributed by atoms with Crippen molar-refractivity contribution in [3.63, 3.8) is 0 Å². The number of aromatic nitrogens is 1. The molecular weight excluding hydrogens is 250 g/mol. The molecule has 110 valence electrons. The van der Waals surface area contributed by atoms with E-state index in [0.717, 1.165) is 37.1 Å². The van der Waals surface area contributed by atoms with E-state index in [0.29, 0.717) is 12.6 Å². The molecule has 4 nitrogen and oxygen atoms in total. The zero-order valence-corrected chi connectivity index (χ0v) is 12.3. The lowest BCUT2D eigenvalue weighted by molar-refractivity contribution is 0.338. The molecule has 1 saturated heterocycles. The van der Waals surface area contributed by atoms with Crippen LogP contribution in [0.3, 0.4) is 0 Å². The average Bonchev–Trinajstić information content (AvgIpc) is 3.13. The van der Waals surface area contributed by atoms with Crippen LogP contribution in [0.25, 0.3) is 0 Å². The molecule has 1 N–H and O–H groups in total. The summed E-state index contributed by atoms with van der Waals surface area (Å²) in [5.41, 5.74) is 0. The first-order valence-corrected chi connectivity index (χ1v) is 7.93. The molecule has 1 aromatic rings. The Kier molecular flexibility index (Phi) is 4.41. The van der Waals surface area contributed by atoms with E-state index in [1.54, 1.807) is 0 Å². The number of anilines is 1. The fourth-order valence-electron chi connectivity index (χ4n) is 2.93. The van der Waals surface area contributed by atoms with Gasteiger partial charge in [0.2, 0.25) is 0 Å². The molecule has 1 unspecified atom stereocenters. The predicted molar refractivity (Wildman–Crippen MR) is 81.4 cm³/mol. The van der Waals surface area contributed by atoms with Gasteiger partial charge in [-0.05, 0) is 57.2 Å². The van der Waals surface area contributed by atoms with E-state index in [9.17, 15) is 0 Å². The molecule has 3 rings (SSSR count). The third-order valence-electron chi connectivity index (χ3n) is 4.13. The standard InChI is InChI=1S/C16H25N3O/c1-2-20-15-6-4-10-18-16(15)19(11-13-7-8-13)12-14-5-3-9-17-14/h4,6,10,13-14,17H,2-3,5,7-9,11-12H2,1H3. The predicted octanol–water partition coefficient (Wildman–Crippen LogP) is 2.45. The molecule has 1 aromatic heterocycles. The van der Waals surface area contributed by atoms with Crippen molar-refractivity contribution in [2.45, 2.75) is 38.6 Å². The zero-order chi connectivity index (χ0) is 13.8. The molecule has 0 amide bonds. The van der Waals surface area contributed by atoms with Gasteiger partial charge >= 0.3 is 0 Å². The highest BCUT2D eigenvalue weighted by atomic mass is 16.5. The topological polar surface area (TPSA) is 37.4 Å². The minimum Gasteiger partial charge on any atom is -0.490 e. The van der Waals surface area contributed by atoms with Crippen LogP contribution in [-0.2, 0) is 0 Å². The fraction of sp³-hybridized carbons (Fsp3) is 0.688. The van der Waals surface area contributed by atoms with Crippen molar-refractivity contribution in [2.75, 3.05) is 31.1 Å². The summed E-state index contributed by atoms with van der Waals surface area (Å²) in [6.45, 7) is 6.05. The zero-order valence-electron chi connectivity index (χ0n) is 12.3. The van der Waals surface area contributed by atoms with Crippen LogP contribution in [0.4, 0.5) is 5.82 Å². The van der Waals surface area contributed by atoms with Gasteiger partial charge < -0.3 is 15.0 Å². The Bertz CT molecular complexity index is 427. The summed E-state index contributed by atoms with van der Waals surface area (Å²) in [6.07, 6.45) is 7.18. The maximum atomic E-state index is 5.76. The summed E-state index contributed by atoms with van der Waals surface area (Å²) in [6, 6.07) is 4.59. The smallest absolute Gasteiger partial charge is 0.171 e. The van der Waals surface area contributed by atoms with Gasteiger partial charge in [0, 0.05) is 25.3 Å². The molecule has 2 aliphatic rings. The number of nitrogens with zero attached hydrogens (tertiary/aromatic N) is 2. The van der Waals surface area contributed by atoms with Gasteiger partial charge in [-0.2, -0.15) is 0 Å². The molecule has 1 saturated carbocycles. The number of pyridine rings is 1. The summed E-state index contributed by atoms with van der Waals surface area (Å²) >= 11 is 0. The van der Waals surface area contributed by atoms with Crippen LogP contribution < -0.4 is 15.0 Å². The second-order valence-electron chi connectivity index (χ2n) is 5.90. The third kappa shape index (κ3) is 3.42. The molecule has 0 bridgehead atoms. The van der Waals surface area contributed by atoms with Crippen LogP contribution in [0.5, 0.6) is 5.75 Å². The van der Waals surface area contributed by atoms with Gasteiger partial charge in [0.15, 0.2) is 11.6 Å². The van der Waals surface area contributed by atoms with E-state index < -0.39 is 0 Å². The van der Waals surface area contributed by atoms with Crippen molar-refractivity contribution < 1.29 is 4.74 Å². The fourth-order valence-corrected chi connectivity index (χ4v) is 2.93. The molecule has 1 atom stereocenters. The van der Waals surface area contributed by atoms with Crippen molar-refractivity contribution in [2.24, 2.45) is 5.92 Å². The van der Waals surface area contributed by atoms with Gasteiger partial charge in [0.1, 0.15) is 0 Å². The van der Waals surface area contributed by atoms with Gasteiger partial charge in [0.25, 0.3) is 0 Å². The molecular formula is C16H25N3O. The molecule has 20 heavy (non-hydrogen) atoms. The molecule has 0 spiro atoms. The minimum absolute atomic E-state index is 0.602. The third-order valence-corrected chi connectivity index (χ3v) is 4.13. The van der Waals surface area contributed by atoms with Crippen LogP contribution in [0.15, 0.2) is 18.3 Å². The van der Waals surface area contributed by atoms with Crippen molar-refractivity contribution in [1.82, 2.24) is 10.3 Å². The van der Waals surface area contributed by atoms with Crippen molar-refractivity contribution in [1.29, 1.82) is 0 Å². The Morgan fingerprint density at radius 2 is 2.25 bits per heavy atom. The van der Waals surface area contributed by atoms with Crippen LogP contribution in [0, 0.1) is 5.92 Å². The maximum Gasteiger partial charge on any atom is 0.171 e. The highest BCUT2D eigenvalue weighted by molar-refractivity contribution is 5.52. The van der Waals surface area contributed by atoms with Crippen molar-refractivity contribution in [3.8, 4) is 5.75 Å². The Balaban J connectivity index is 1.75. The second kappa shape index (κ2) is 6.44. The largest absolute Gasteiger partial charge is 0.490 e. The van der Waals surface area contributed by atoms with Crippen LogP contribution in [0.1, 0.15) is 32.6 Å². The maximum absolute atomic E-state index is 5.76. The Hall–Kier alpha value is -1.29. The Morgan fingerprint density at radius 1 is 1.35 bits per heavy atom. The van der Waals surface area contributed by atoms with Gasteiger partial charge in [-0.1, -0.05) is 0 Å². The molecule has 1 aliphatic heterocycles. The van der Waals surface area contributed by atoms with Gasteiger partial charge in [-0.25, -0.2) is 4.98 Å². The SMILES string of the molecule is CCOc1cccnc1N(CC1CC1)CC1CCCN1. The van der Waals surface area contributed by atoms with Crippen LogP contribution >= 0.6 is 0 Å². The number of ether oxygens (including phenoxy) is 1. The summed E-state index contributed by atoms with van der Waals surface area (Å²) in [5, 5.41) is 3.59. The molecule has 1 aliphatic carbocycles. The minimum atomic E-state index is 0.602. The van der Waals surface area contributed by atoms with Gasteiger partial charge in [-0.15, -0.1) is 0 Å². The van der Waals surface area contributed by atoms with Crippen LogP contribution in [-0.4, -0.2) is 37.3 Å². The van der Waals surface area contributed by atoms with E-state index in [-0.39, 0.29) is 0 Å². The molecule has 0 aromatic carbocycles. The summed E-state index contributed by atoms with van der Waals surface area (Å²) < 4.78 is 5.76. The molecule has 2 heterocycles. The molecule has 2 fully saturated rings. The highest BCUT2D eigenvalue weighted by Gasteiger charge is 2.28. The average molecular weight is 275 g/mol. The van der Waals surface area contributed by atoms with Crippen LogP contribution in [0.2, 0.25) is 0 Å². The lowest BCUT2D eigenvalue weighted by Crippen LogP contribution is -2.39. The van der Waals surface area contributed by atoms with Gasteiger partial charge in [0.05, 0.1) is 6.61 Å². The lowest BCUT2D eigenvalue weighted by Gasteiger charge is -2.28. The van der Waals surface area contributed by atoms with E-state index in [1.807, 2.05) is 25.3 Å². The number of hydrogen-bond acceptors (Lipinski definition) is 4. The Labute approximate surface area is 121 Å². The summed E-state index contributed by atoms with van der Waals surface area (Å²) in [5.74, 6) is 2.80. The van der Waals surface area contributed by atoms with E-state index in [1.165, 1.54) is 25.7 Å². The van der Waals surface area contributed by atoms with E-state index in [4.69, 9.17) is 4.74 Å². The van der Waals surface area contributed by atoms with Gasteiger partial charge in [-0.3, -0.25) is 0 Å². The number of nitrogens with one attached hydrogen (secondary N) is 1. The first-order chi connectivity index (χ1) is 9.86. The van der Waals surface area contributed by atoms with Crippen molar-refractivity contribution >= 4 is 5.82 Å². The van der Waals surface area contributed by atoms with Crippen molar-refractivity contribution in [3.05, 3.63) is 18.3 Å². The summed E-state index contributed by atoms with van der Waals surface area (Å²) in [7, 11) is 0. The number of rotatable bonds is 7. The first-order valence-electron chi connectivity index (χ1n) is 7.93. The highest BCUT2D eigenvalue weighted by Crippen LogP contribution is 2.34. The van der Waals surface area contributed by atoms with E-state index in [2.05, 4.69) is 15.2 Å². The summed E-state index contributed by atoms with van der Waals surface area (Å²) in [4.78, 5) is 7.03. The molecule has 0 radical (unpaired) electrons. The monoisotopic (exact) mass is 275 g/mol. The Morgan fingerprint density at radius 3 is 2.95 bits per heavy atom. The normalized spacial score (nSPS) is 21.9. The second-order valence-corrected chi connectivity index (χ2v) is 5.90. The quantitative estimate of drug-likeness (QED) is 0.829.